The summed E-state index contributed by atoms with van der Waals surface area (Å²) in [4.78, 5) is 11.3. The van der Waals surface area contributed by atoms with E-state index in [2.05, 4.69) is 29.8 Å². The van der Waals surface area contributed by atoms with E-state index in [1.807, 2.05) is 24.3 Å². The summed E-state index contributed by atoms with van der Waals surface area (Å²) >= 11 is 0. The number of rotatable bonds is 3. The third-order valence-corrected chi connectivity index (χ3v) is 2.95. The van der Waals surface area contributed by atoms with Crippen LogP contribution in [0.25, 0.3) is 10.9 Å². The van der Waals surface area contributed by atoms with Gasteiger partial charge >= 0.3 is 0 Å². The van der Waals surface area contributed by atoms with E-state index in [0.717, 1.165) is 23.1 Å². The summed E-state index contributed by atoms with van der Waals surface area (Å²) in [5.74, 6) is -0.275. The number of fused-ring (bicyclic) bond motifs is 1. The van der Waals surface area contributed by atoms with Gasteiger partial charge in [-0.25, -0.2) is 0 Å². The number of nitriles is 1. The van der Waals surface area contributed by atoms with E-state index in [0.29, 0.717) is 0 Å². The molecular formula is C14H15N3O. The minimum atomic E-state index is -0.275. The highest BCUT2D eigenvalue weighted by Crippen LogP contribution is 2.23. The summed E-state index contributed by atoms with van der Waals surface area (Å²) in [6.07, 6.45) is -0.118. The molecule has 0 spiro atoms. The first-order valence-electron chi connectivity index (χ1n) is 5.92. The van der Waals surface area contributed by atoms with E-state index in [1.54, 1.807) is 0 Å². The topological polar surface area (TPSA) is 57.8 Å². The Balaban J connectivity index is 2.34. The highest BCUT2D eigenvalue weighted by atomic mass is 16.1. The fourth-order valence-electron chi connectivity index (χ4n) is 2.18. The van der Waals surface area contributed by atoms with Crippen LogP contribution in [0.4, 0.5) is 5.69 Å². The number of aromatic nitrogens is 1. The number of amides is 1. The van der Waals surface area contributed by atoms with Crippen molar-refractivity contribution in [2.75, 3.05) is 5.32 Å². The monoisotopic (exact) mass is 241 g/mol. The Labute approximate surface area is 106 Å². The fourth-order valence-corrected chi connectivity index (χ4v) is 2.18. The molecule has 1 N–H and O–H groups in total. The van der Waals surface area contributed by atoms with Crippen LogP contribution in [0.1, 0.15) is 19.0 Å². The van der Waals surface area contributed by atoms with Crippen LogP contribution >= 0.6 is 0 Å². The molecule has 18 heavy (non-hydrogen) atoms. The highest BCUT2D eigenvalue weighted by Gasteiger charge is 2.06. The quantitative estimate of drug-likeness (QED) is 0.898. The van der Waals surface area contributed by atoms with Gasteiger partial charge in [-0.05, 0) is 38.1 Å². The number of benzene rings is 1. The number of nitrogens with zero attached hydrogens (tertiary/aromatic N) is 2. The number of anilines is 1. The zero-order valence-corrected chi connectivity index (χ0v) is 10.5. The summed E-state index contributed by atoms with van der Waals surface area (Å²) in [5.41, 5.74) is 3.09. The summed E-state index contributed by atoms with van der Waals surface area (Å²) in [6.45, 7) is 5.10. The largest absolute Gasteiger partial charge is 0.345 e. The fraction of sp³-hybridized carbons (Fsp3) is 0.286. The molecular weight excluding hydrogens is 226 g/mol. The number of carbonyl (C=O) groups excluding carboxylic acids is 1. The van der Waals surface area contributed by atoms with Gasteiger partial charge in [-0.2, -0.15) is 5.26 Å². The molecule has 1 heterocycles. The molecule has 4 heteroatoms. The van der Waals surface area contributed by atoms with E-state index >= 15 is 0 Å². The molecule has 0 aliphatic heterocycles. The van der Waals surface area contributed by atoms with Crippen LogP contribution in [0, 0.1) is 18.3 Å². The van der Waals surface area contributed by atoms with Gasteiger partial charge in [0.2, 0.25) is 5.91 Å². The van der Waals surface area contributed by atoms with Gasteiger partial charge in [-0.1, -0.05) is 0 Å². The van der Waals surface area contributed by atoms with Crippen molar-refractivity contribution < 1.29 is 4.79 Å². The maximum Gasteiger partial charge on any atom is 0.238 e. The summed E-state index contributed by atoms with van der Waals surface area (Å²) < 4.78 is 2.22. The molecule has 1 aromatic heterocycles. The van der Waals surface area contributed by atoms with Crippen LogP contribution < -0.4 is 5.32 Å². The predicted octanol–water partition coefficient (Wildman–Crippen LogP) is 2.82. The second-order valence-corrected chi connectivity index (χ2v) is 4.19. The van der Waals surface area contributed by atoms with Crippen LogP contribution in [0.3, 0.4) is 0 Å². The lowest BCUT2D eigenvalue weighted by Crippen LogP contribution is -2.09. The molecule has 0 radical (unpaired) electrons. The van der Waals surface area contributed by atoms with Crippen LogP contribution in [0.15, 0.2) is 24.3 Å². The number of hydrogen-bond acceptors (Lipinski definition) is 2. The lowest BCUT2D eigenvalue weighted by atomic mass is 10.2. The van der Waals surface area contributed by atoms with Crippen molar-refractivity contribution in [1.82, 2.24) is 4.57 Å². The van der Waals surface area contributed by atoms with Crippen LogP contribution in [0.5, 0.6) is 0 Å². The molecule has 0 atom stereocenters. The first-order chi connectivity index (χ1) is 8.65. The lowest BCUT2D eigenvalue weighted by molar-refractivity contribution is -0.115. The van der Waals surface area contributed by atoms with Crippen LogP contribution in [0.2, 0.25) is 0 Å². The Morgan fingerprint density at radius 2 is 2.22 bits per heavy atom. The molecule has 0 unspecified atom stereocenters. The number of aryl methyl sites for hydroxylation is 2. The SMILES string of the molecule is CCn1c(C)cc2cc(NC(=O)CC#N)ccc21. The van der Waals surface area contributed by atoms with Gasteiger partial charge < -0.3 is 9.88 Å². The number of hydrogen-bond donors (Lipinski definition) is 1. The van der Waals surface area contributed by atoms with Crippen molar-refractivity contribution in [1.29, 1.82) is 5.26 Å². The van der Waals surface area contributed by atoms with Gasteiger partial charge in [0.05, 0.1) is 6.07 Å². The second kappa shape index (κ2) is 4.92. The lowest BCUT2D eigenvalue weighted by Gasteiger charge is -2.05. The number of nitrogens with one attached hydrogen (secondary N) is 1. The second-order valence-electron chi connectivity index (χ2n) is 4.19. The third kappa shape index (κ3) is 2.21. The maximum absolute atomic E-state index is 11.3. The normalized spacial score (nSPS) is 10.3. The molecule has 92 valence electrons. The smallest absolute Gasteiger partial charge is 0.238 e. The Morgan fingerprint density at radius 1 is 1.44 bits per heavy atom. The van der Waals surface area contributed by atoms with Crippen LogP contribution in [-0.2, 0) is 11.3 Å². The van der Waals surface area contributed by atoms with Gasteiger partial charge in [0.15, 0.2) is 0 Å². The molecule has 0 aliphatic rings. The molecule has 0 saturated heterocycles. The molecule has 2 rings (SSSR count). The van der Waals surface area contributed by atoms with E-state index in [-0.39, 0.29) is 12.3 Å². The van der Waals surface area contributed by atoms with Crippen molar-refractivity contribution in [3.8, 4) is 6.07 Å². The molecule has 0 saturated carbocycles. The Kier molecular flexibility index (Phi) is 3.33. The van der Waals surface area contributed by atoms with Crippen molar-refractivity contribution in [3.63, 3.8) is 0 Å². The zero-order valence-electron chi connectivity index (χ0n) is 10.5. The van der Waals surface area contributed by atoms with E-state index in [9.17, 15) is 4.79 Å². The Hall–Kier alpha value is -2.28. The zero-order chi connectivity index (χ0) is 13.1. The van der Waals surface area contributed by atoms with Crippen molar-refractivity contribution >= 4 is 22.5 Å². The average Bonchev–Trinajstić information content (AvgIpc) is 2.63. The maximum atomic E-state index is 11.3. The van der Waals surface area contributed by atoms with E-state index in [4.69, 9.17) is 5.26 Å². The van der Waals surface area contributed by atoms with Crippen molar-refractivity contribution in [2.24, 2.45) is 0 Å². The molecule has 1 amide bonds. The highest BCUT2D eigenvalue weighted by molar-refractivity contribution is 5.95. The Bertz CT molecular complexity index is 634. The molecule has 4 nitrogen and oxygen atoms in total. The van der Waals surface area contributed by atoms with Gasteiger partial charge in [0, 0.05) is 28.8 Å². The minimum Gasteiger partial charge on any atom is -0.345 e. The molecule has 1 aromatic carbocycles. The minimum absolute atomic E-state index is 0.118. The average molecular weight is 241 g/mol. The molecule has 2 aromatic rings. The van der Waals surface area contributed by atoms with Gasteiger partial charge in [0.25, 0.3) is 0 Å². The van der Waals surface area contributed by atoms with Crippen molar-refractivity contribution in [3.05, 3.63) is 30.0 Å². The number of carbonyl (C=O) groups is 1. The standard InChI is InChI=1S/C14H15N3O/c1-3-17-10(2)8-11-9-12(4-5-13(11)17)16-14(18)6-7-15/h4-5,8-9H,3,6H2,1-2H3,(H,16,18). The molecule has 0 aliphatic carbocycles. The first-order valence-corrected chi connectivity index (χ1v) is 5.92. The van der Waals surface area contributed by atoms with Crippen LogP contribution in [-0.4, -0.2) is 10.5 Å². The van der Waals surface area contributed by atoms with E-state index < -0.39 is 0 Å². The third-order valence-electron chi connectivity index (χ3n) is 2.95. The summed E-state index contributed by atoms with van der Waals surface area (Å²) in [5, 5.41) is 12.3. The van der Waals surface area contributed by atoms with Gasteiger partial charge in [-0.15, -0.1) is 0 Å². The summed E-state index contributed by atoms with van der Waals surface area (Å²) in [6, 6.07) is 9.72. The summed E-state index contributed by atoms with van der Waals surface area (Å²) in [7, 11) is 0. The van der Waals surface area contributed by atoms with Gasteiger partial charge in [0.1, 0.15) is 6.42 Å². The van der Waals surface area contributed by atoms with Gasteiger partial charge in [-0.3, -0.25) is 4.79 Å². The first kappa shape index (κ1) is 12.2. The predicted molar refractivity (Wildman–Crippen MR) is 71.2 cm³/mol. The molecule has 0 fully saturated rings. The Morgan fingerprint density at radius 3 is 2.89 bits per heavy atom. The van der Waals surface area contributed by atoms with E-state index in [1.165, 1.54) is 5.69 Å². The molecule has 0 bridgehead atoms. The van der Waals surface area contributed by atoms with Crippen molar-refractivity contribution in [2.45, 2.75) is 26.8 Å².